The van der Waals surface area contributed by atoms with Gasteiger partial charge in [0.05, 0.1) is 29.5 Å². The molecule has 1 heterocycles. The highest BCUT2D eigenvalue weighted by Crippen LogP contribution is 2.29. The normalized spacial score (nSPS) is 10.7. The van der Waals surface area contributed by atoms with Crippen LogP contribution < -0.4 is 5.32 Å². The van der Waals surface area contributed by atoms with E-state index < -0.39 is 0 Å². The quantitative estimate of drug-likeness (QED) is 0.517. The topological polar surface area (TPSA) is 73.2 Å². The van der Waals surface area contributed by atoms with Gasteiger partial charge in [0.2, 0.25) is 5.91 Å². The van der Waals surface area contributed by atoms with Crippen LogP contribution in [-0.2, 0) is 14.3 Å². The largest absolute Gasteiger partial charge is 0.465 e. The first kappa shape index (κ1) is 22.6. The number of aryl methyl sites for hydroxylation is 3. The molecule has 0 unspecified atom stereocenters. The first-order valence-corrected chi connectivity index (χ1v) is 11.3. The first-order chi connectivity index (χ1) is 14.9. The van der Waals surface area contributed by atoms with E-state index in [1.165, 1.54) is 22.9 Å². The van der Waals surface area contributed by atoms with Gasteiger partial charge in [-0.2, -0.15) is 5.10 Å². The van der Waals surface area contributed by atoms with Crippen LogP contribution in [0.5, 0.6) is 0 Å². The zero-order chi connectivity index (χ0) is 22.4. The second-order valence-corrected chi connectivity index (χ2v) is 8.25. The minimum Gasteiger partial charge on any atom is -0.465 e. The second kappa shape index (κ2) is 10.3. The van der Waals surface area contributed by atoms with Gasteiger partial charge in [-0.1, -0.05) is 24.3 Å². The number of para-hydroxylation sites is 1. The number of thioether (sulfide) groups is 1. The second-order valence-electron chi connectivity index (χ2n) is 7.26. The molecule has 31 heavy (non-hydrogen) atoms. The summed E-state index contributed by atoms with van der Waals surface area (Å²) >= 11 is 1.22. The lowest BCUT2D eigenvalue weighted by atomic mass is 9.99. The van der Waals surface area contributed by atoms with E-state index in [9.17, 15) is 9.59 Å². The molecule has 0 spiro atoms. The number of hydrogen-bond acceptors (Lipinski definition) is 5. The maximum Gasteiger partial charge on any atom is 0.315 e. The van der Waals surface area contributed by atoms with Crippen molar-refractivity contribution in [2.45, 2.75) is 27.7 Å². The standard InChI is InChI=1S/C24H27N3O3S/c1-5-30-24(29)15-31-14-23(28)25-22-13-21(20-12-17(3)16(2)11-18(20)4)26-27(22)19-9-7-6-8-10-19/h6-13H,5,14-15H2,1-4H3,(H,25,28). The van der Waals surface area contributed by atoms with Crippen LogP contribution in [0.3, 0.4) is 0 Å². The van der Waals surface area contributed by atoms with Gasteiger partial charge in [-0.3, -0.25) is 9.59 Å². The number of nitrogens with zero attached hydrogens (tertiary/aromatic N) is 2. The minimum atomic E-state index is -0.317. The Morgan fingerprint density at radius 2 is 1.71 bits per heavy atom. The number of amides is 1. The van der Waals surface area contributed by atoms with Gasteiger partial charge < -0.3 is 10.1 Å². The number of hydrogen-bond donors (Lipinski definition) is 1. The van der Waals surface area contributed by atoms with E-state index in [2.05, 4.69) is 38.2 Å². The molecule has 3 aromatic rings. The van der Waals surface area contributed by atoms with E-state index in [0.717, 1.165) is 22.5 Å². The van der Waals surface area contributed by atoms with Crippen LogP contribution in [0.4, 0.5) is 5.82 Å². The molecule has 3 rings (SSSR count). The molecule has 0 fully saturated rings. The minimum absolute atomic E-state index is 0.145. The van der Waals surface area contributed by atoms with Crippen molar-refractivity contribution in [3.05, 3.63) is 65.2 Å². The van der Waals surface area contributed by atoms with Gasteiger partial charge in [-0.15, -0.1) is 11.8 Å². The molecule has 0 saturated heterocycles. The van der Waals surface area contributed by atoms with Gasteiger partial charge >= 0.3 is 5.97 Å². The van der Waals surface area contributed by atoms with Gasteiger partial charge in [0, 0.05) is 11.6 Å². The number of benzene rings is 2. The van der Waals surface area contributed by atoms with Crippen molar-refractivity contribution in [1.82, 2.24) is 9.78 Å². The van der Waals surface area contributed by atoms with Gasteiger partial charge in [-0.05, 0) is 62.6 Å². The smallest absolute Gasteiger partial charge is 0.315 e. The van der Waals surface area contributed by atoms with Crippen LogP contribution in [0.15, 0.2) is 48.5 Å². The summed E-state index contributed by atoms with van der Waals surface area (Å²) in [5.41, 5.74) is 6.23. The summed E-state index contributed by atoms with van der Waals surface area (Å²) in [6.45, 7) is 8.33. The van der Waals surface area contributed by atoms with E-state index in [0.29, 0.717) is 12.4 Å². The summed E-state index contributed by atoms with van der Waals surface area (Å²) in [5, 5.41) is 7.73. The third-order valence-corrected chi connectivity index (χ3v) is 5.76. The van der Waals surface area contributed by atoms with Crippen LogP contribution >= 0.6 is 11.8 Å². The van der Waals surface area contributed by atoms with E-state index >= 15 is 0 Å². The predicted octanol–water partition coefficient (Wildman–Crippen LogP) is 4.70. The molecule has 0 radical (unpaired) electrons. The van der Waals surface area contributed by atoms with Crippen LogP contribution in [0.25, 0.3) is 16.9 Å². The fourth-order valence-electron chi connectivity index (χ4n) is 3.21. The Labute approximate surface area is 187 Å². The molecule has 1 amide bonds. The van der Waals surface area contributed by atoms with Crippen molar-refractivity contribution < 1.29 is 14.3 Å². The predicted molar refractivity (Wildman–Crippen MR) is 126 cm³/mol. The molecule has 0 bridgehead atoms. The number of nitrogens with one attached hydrogen (secondary N) is 1. The third-order valence-electron chi connectivity index (χ3n) is 4.85. The number of carbonyl (C=O) groups excluding carboxylic acids is 2. The zero-order valence-corrected chi connectivity index (χ0v) is 19.1. The molecule has 6 nitrogen and oxygen atoms in total. The summed E-state index contributed by atoms with van der Waals surface area (Å²) < 4.78 is 6.63. The summed E-state index contributed by atoms with van der Waals surface area (Å²) in [7, 11) is 0. The Balaban J connectivity index is 1.86. The zero-order valence-electron chi connectivity index (χ0n) is 18.3. The monoisotopic (exact) mass is 437 g/mol. The van der Waals surface area contributed by atoms with Gasteiger partial charge in [-0.25, -0.2) is 4.68 Å². The first-order valence-electron chi connectivity index (χ1n) is 10.2. The molecule has 0 aliphatic heterocycles. The number of ether oxygens (including phenoxy) is 1. The lowest BCUT2D eigenvalue weighted by Gasteiger charge is -2.09. The van der Waals surface area contributed by atoms with Gasteiger partial charge in [0.25, 0.3) is 0 Å². The van der Waals surface area contributed by atoms with Crippen molar-refractivity contribution in [3.63, 3.8) is 0 Å². The molecule has 0 aliphatic rings. The summed E-state index contributed by atoms with van der Waals surface area (Å²) in [4.78, 5) is 24.0. The fraction of sp³-hybridized carbons (Fsp3) is 0.292. The van der Waals surface area contributed by atoms with Crippen molar-refractivity contribution in [2.75, 3.05) is 23.4 Å². The summed E-state index contributed by atoms with van der Waals surface area (Å²) in [6.07, 6.45) is 0. The molecule has 7 heteroatoms. The Kier molecular flexibility index (Phi) is 7.52. The number of rotatable bonds is 8. The Morgan fingerprint density at radius 1 is 1.00 bits per heavy atom. The van der Waals surface area contributed by atoms with Crippen molar-refractivity contribution in [3.8, 4) is 16.9 Å². The maximum absolute atomic E-state index is 12.5. The number of anilines is 1. The molecule has 162 valence electrons. The third kappa shape index (κ3) is 5.76. The Morgan fingerprint density at radius 3 is 2.42 bits per heavy atom. The number of carbonyl (C=O) groups is 2. The number of esters is 1. The average molecular weight is 438 g/mol. The summed E-state index contributed by atoms with van der Waals surface area (Å²) in [5.74, 6) is 0.362. The highest BCUT2D eigenvalue weighted by molar-refractivity contribution is 8.00. The van der Waals surface area contributed by atoms with E-state index in [4.69, 9.17) is 9.84 Å². The average Bonchev–Trinajstić information content (AvgIpc) is 3.15. The molecule has 0 atom stereocenters. The Hall–Kier alpha value is -3.06. The maximum atomic E-state index is 12.5. The molecule has 2 aromatic carbocycles. The highest BCUT2D eigenvalue weighted by atomic mass is 32.2. The van der Waals surface area contributed by atoms with Crippen LogP contribution in [0.2, 0.25) is 0 Å². The summed E-state index contributed by atoms with van der Waals surface area (Å²) in [6, 6.07) is 15.8. The highest BCUT2D eigenvalue weighted by Gasteiger charge is 2.16. The fourth-order valence-corrected chi connectivity index (χ4v) is 3.82. The van der Waals surface area contributed by atoms with E-state index in [-0.39, 0.29) is 23.4 Å². The molecular weight excluding hydrogens is 410 g/mol. The SMILES string of the molecule is CCOC(=O)CSCC(=O)Nc1cc(-c2cc(C)c(C)cc2C)nn1-c1ccccc1. The van der Waals surface area contributed by atoms with Crippen molar-refractivity contribution >= 4 is 29.5 Å². The molecule has 1 N–H and O–H groups in total. The van der Waals surface area contributed by atoms with Crippen LogP contribution in [0, 0.1) is 20.8 Å². The molecule has 0 aliphatic carbocycles. The van der Waals surface area contributed by atoms with E-state index in [1.807, 2.05) is 36.4 Å². The lowest BCUT2D eigenvalue weighted by molar-refractivity contribution is -0.139. The van der Waals surface area contributed by atoms with Gasteiger partial charge in [0.1, 0.15) is 5.82 Å². The van der Waals surface area contributed by atoms with Crippen LogP contribution in [-0.4, -0.2) is 39.8 Å². The van der Waals surface area contributed by atoms with E-state index in [1.54, 1.807) is 11.6 Å². The van der Waals surface area contributed by atoms with Crippen molar-refractivity contribution in [1.29, 1.82) is 0 Å². The number of aromatic nitrogens is 2. The molecular formula is C24H27N3O3S. The van der Waals surface area contributed by atoms with Gasteiger partial charge in [0.15, 0.2) is 0 Å². The lowest BCUT2D eigenvalue weighted by Crippen LogP contribution is -2.18. The molecule has 1 aromatic heterocycles. The molecule has 0 saturated carbocycles. The van der Waals surface area contributed by atoms with Crippen molar-refractivity contribution in [2.24, 2.45) is 0 Å². The Bertz CT molecular complexity index is 1080. The van der Waals surface area contributed by atoms with Crippen LogP contribution in [0.1, 0.15) is 23.6 Å².